The van der Waals surface area contributed by atoms with Gasteiger partial charge >= 0.3 is 0 Å². The van der Waals surface area contributed by atoms with Crippen molar-refractivity contribution in [2.24, 2.45) is 0 Å². The molecule has 0 amide bonds. The number of benzene rings is 2. The highest BCUT2D eigenvalue weighted by Crippen LogP contribution is 2.41. The van der Waals surface area contributed by atoms with E-state index in [0.717, 1.165) is 11.1 Å². The van der Waals surface area contributed by atoms with Crippen molar-refractivity contribution >= 4 is 38.0 Å². The lowest BCUT2D eigenvalue weighted by Crippen LogP contribution is -1.95. The average Bonchev–Trinajstić information content (AvgIpc) is 2.91. The van der Waals surface area contributed by atoms with E-state index in [1.165, 1.54) is 21.4 Å². The van der Waals surface area contributed by atoms with Crippen LogP contribution in [0.5, 0.6) is 5.75 Å². The molecule has 3 heteroatoms. The van der Waals surface area contributed by atoms with Gasteiger partial charge in [0.25, 0.3) is 0 Å². The first-order chi connectivity index (χ1) is 9.72. The van der Waals surface area contributed by atoms with E-state index in [-0.39, 0.29) is 4.83 Å². The fourth-order valence-corrected chi connectivity index (χ4v) is 4.48. The van der Waals surface area contributed by atoms with Crippen LogP contribution < -0.4 is 4.74 Å². The molecule has 0 aliphatic heterocycles. The predicted molar refractivity (Wildman–Crippen MR) is 90.3 cm³/mol. The highest BCUT2D eigenvalue weighted by molar-refractivity contribution is 9.09. The SMILES string of the molecule is COc1ccc(C(Br)c2sccc2C)c2ccccc12. The highest BCUT2D eigenvalue weighted by atomic mass is 79.9. The highest BCUT2D eigenvalue weighted by Gasteiger charge is 2.17. The lowest BCUT2D eigenvalue weighted by atomic mass is 10.00. The molecule has 0 saturated heterocycles. The van der Waals surface area contributed by atoms with Crippen LogP contribution in [0.15, 0.2) is 47.8 Å². The van der Waals surface area contributed by atoms with Crippen LogP contribution in [0.4, 0.5) is 0 Å². The third-order valence-corrected chi connectivity index (χ3v) is 5.88. The van der Waals surface area contributed by atoms with Gasteiger partial charge in [0.1, 0.15) is 5.75 Å². The molecule has 2 aromatic carbocycles. The molecule has 1 nitrogen and oxygen atoms in total. The van der Waals surface area contributed by atoms with Crippen molar-refractivity contribution in [1.82, 2.24) is 0 Å². The largest absolute Gasteiger partial charge is 0.496 e. The molecule has 0 radical (unpaired) electrons. The van der Waals surface area contributed by atoms with Gasteiger partial charge in [-0.2, -0.15) is 0 Å². The summed E-state index contributed by atoms with van der Waals surface area (Å²) in [5.74, 6) is 0.923. The third-order valence-electron chi connectivity index (χ3n) is 3.54. The zero-order chi connectivity index (χ0) is 14.1. The van der Waals surface area contributed by atoms with Crippen LogP contribution in [0.25, 0.3) is 10.8 Å². The predicted octanol–water partition coefficient (Wildman–Crippen LogP) is 5.70. The molecule has 1 heterocycles. The summed E-state index contributed by atoms with van der Waals surface area (Å²) in [5.41, 5.74) is 2.61. The van der Waals surface area contributed by atoms with E-state index >= 15 is 0 Å². The number of alkyl halides is 1. The van der Waals surface area contributed by atoms with Crippen LogP contribution in [-0.2, 0) is 0 Å². The quantitative estimate of drug-likeness (QED) is 0.552. The Morgan fingerprint density at radius 2 is 1.80 bits per heavy atom. The minimum Gasteiger partial charge on any atom is -0.496 e. The van der Waals surface area contributed by atoms with E-state index in [2.05, 4.69) is 64.6 Å². The van der Waals surface area contributed by atoms with Crippen LogP contribution in [0.3, 0.4) is 0 Å². The molecular weight excluding hydrogens is 332 g/mol. The van der Waals surface area contributed by atoms with Gasteiger partial charge in [-0.15, -0.1) is 11.3 Å². The molecule has 0 bridgehead atoms. The molecule has 0 N–H and O–H groups in total. The van der Waals surface area contributed by atoms with Gasteiger partial charge < -0.3 is 4.74 Å². The second kappa shape index (κ2) is 5.58. The van der Waals surface area contributed by atoms with Crippen molar-refractivity contribution in [3.63, 3.8) is 0 Å². The molecule has 3 aromatic rings. The summed E-state index contributed by atoms with van der Waals surface area (Å²) in [7, 11) is 1.72. The van der Waals surface area contributed by atoms with Gasteiger partial charge in [-0.05, 0) is 40.9 Å². The number of hydrogen-bond donors (Lipinski definition) is 0. The summed E-state index contributed by atoms with van der Waals surface area (Å²) in [6.07, 6.45) is 0. The fourth-order valence-electron chi connectivity index (χ4n) is 2.48. The normalized spacial score (nSPS) is 12.6. The molecule has 102 valence electrons. The number of methoxy groups -OCH3 is 1. The Hall–Kier alpha value is -1.32. The maximum Gasteiger partial charge on any atom is 0.126 e. The van der Waals surface area contributed by atoms with Gasteiger partial charge in [0.2, 0.25) is 0 Å². The van der Waals surface area contributed by atoms with Crippen molar-refractivity contribution in [1.29, 1.82) is 0 Å². The molecular formula is C17H15BrOS. The van der Waals surface area contributed by atoms with E-state index in [1.807, 2.05) is 6.07 Å². The Labute approximate surface area is 131 Å². The number of hydrogen-bond acceptors (Lipinski definition) is 2. The van der Waals surface area contributed by atoms with Crippen LogP contribution in [0.1, 0.15) is 20.8 Å². The molecule has 0 spiro atoms. The Kier molecular flexibility index (Phi) is 3.81. The molecule has 3 rings (SSSR count). The van der Waals surface area contributed by atoms with Gasteiger partial charge in [0.15, 0.2) is 0 Å². The number of halogens is 1. The summed E-state index contributed by atoms with van der Waals surface area (Å²) < 4.78 is 5.46. The van der Waals surface area contributed by atoms with Crippen molar-refractivity contribution < 1.29 is 4.74 Å². The minimum atomic E-state index is 0.221. The lowest BCUT2D eigenvalue weighted by molar-refractivity contribution is 0.419. The molecule has 0 aliphatic carbocycles. The van der Waals surface area contributed by atoms with Crippen molar-refractivity contribution in [2.45, 2.75) is 11.8 Å². The number of rotatable bonds is 3. The Bertz CT molecular complexity index is 748. The summed E-state index contributed by atoms with van der Waals surface area (Å²) in [4.78, 5) is 1.58. The fraction of sp³-hybridized carbons (Fsp3) is 0.176. The molecule has 1 unspecified atom stereocenters. The Balaban J connectivity index is 2.20. The molecule has 1 atom stereocenters. The zero-order valence-electron chi connectivity index (χ0n) is 11.4. The van der Waals surface area contributed by atoms with E-state index in [9.17, 15) is 0 Å². The lowest BCUT2D eigenvalue weighted by Gasteiger charge is -2.15. The number of fused-ring (bicyclic) bond motifs is 1. The molecule has 0 fully saturated rings. The van der Waals surface area contributed by atoms with E-state index in [4.69, 9.17) is 4.74 Å². The monoisotopic (exact) mass is 346 g/mol. The maximum atomic E-state index is 5.46. The van der Waals surface area contributed by atoms with E-state index < -0.39 is 0 Å². The topological polar surface area (TPSA) is 9.23 Å². The second-order valence-electron chi connectivity index (χ2n) is 4.73. The second-order valence-corrected chi connectivity index (χ2v) is 6.60. The maximum absolute atomic E-state index is 5.46. The van der Waals surface area contributed by atoms with Crippen molar-refractivity contribution in [3.8, 4) is 5.75 Å². The van der Waals surface area contributed by atoms with Crippen LogP contribution in [0, 0.1) is 6.92 Å². The van der Waals surface area contributed by atoms with Crippen LogP contribution in [-0.4, -0.2) is 7.11 Å². The molecule has 0 aliphatic rings. The summed E-state index contributed by atoms with van der Waals surface area (Å²) in [6, 6.07) is 14.8. The summed E-state index contributed by atoms with van der Waals surface area (Å²) in [5, 5.41) is 4.54. The van der Waals surface area contributed by atoms with Gasteiger partial charge in [-0.1, -0.05) is 46.3 Å². The first-order valence-corrected chi connectivity index (χ1v) is 8.25. The van der Waals surface area contributed by atoms with Gasteiger partial charge in [-0.25, -0.2) is 0 Å². The minimum absolute atomic E-state index is 0.221. The number of thiophene rings is 1. The number of aryl methyl sites for hydroxylation is 1. The first kappa shape index (κ1) is 13.7. The summed E-state index contributed by atoms with van der Waals surface area (Å²) >= 11 is 5.65. The smallest absolute Gasteiger partial charge is 0.126 e. The first-order valence-electron chi connectivity index (χ1n) is 6.46. The molecule has 1 aromatic heterocycles. The van der Waals surface area contributed by atoms with Gasteiger partial charge in [-0.3, -0.25) is 0 Å². The Morgan fingerprint density at radius 1 is 1.05 bits per heavy atom. The Morgan fingerprint density at radius 3 is 2.45 bits per heavy atom. The van der Waals surface area contributed by atoms with Gasteiger partial charge in [0.05, 0.1) is 11.9 Å². The third kappa shape index (κ3) is 2.25. The van der Waals surface area contributed by atoms with Crippen LogP contribution >= 0.6 is 27.3 Å². The molecule has 0 saturated carbocycles. The summed E-state index contributed by atoms with van der Waals surface area (Å²) in [6.45, 7) is 2.16. The van der Waals surface area contributed by atoms with Crippen molar-refractivity contribution in [3.05, 3.63) is 63.8 Å². The molecule has 20 heavy (non-hydrogen) atoms. The number of ether oxygens (including phenoxy) is 1. The van der Waals surface area contributed by atoms with Gasteiger partial charge in [0, 0.05) is 10.3 Å². The van der Waals surface area contributed by atoms with Crippen LogP contribution in [0.2, 0.25) is 0 Å². The van der Waals surface area contributed by atoms with Crippen molar-refractivity contribution in [2.75, 3.05) is 7.11 Å². The average molecular weight is 347 g/mol. The zero-order valence-corrected chi connectivity index (χ0v) is 13.8. The van der Waals surface area contributed by atoms with E-state index in [1.54, 1.807) is 18.4 Å². The standard InChI is InChI=1S/C17H15BrOS/c1-11-9-10-20-17(11)16(18)14-7-8-15(19-2)13-6-4-3-5-12(13)14/h3-10,16H,1-2H3. The van der Waals surface area contributed by atoms with E-state index in [0.29, 0.717) is 0 Å².